The van der Waals surface area contributed by atoms with Crippen molar-refractivity contribution < 1.29 is 9.18 Å². The molecule has 0 aliphatic carbocycles. The van der Waals surface area contributed by atoms with Gasteiger partial charge in [-0.1, -0.05) is 47.5 Å². The van der Waals surface area contributed by atoms with Crippen LogP contribution in [0.3, 0.4) is 0 Å². The molecule has 1 N–H and O–H groups in total. The number of hydrogen-bond acceptors (Lipinski definition) is 2. The van der Waals surface area contributed by atoms with Crippen molar-refractivity contribution in [1.29, 1.82) is 0 Å². The minimum Gasteiger partial charge on any atom is -0.326 e. The maximum absolute atomic E-state index is 13.4. The topological polar surface area (TPSA) is 32.3 Å². The summed E-state index contributed by atoms with van der Waals surface area (Å²) >= 11 is 12.8. The molecule has 25 heavy (non-hydrogen) atoms. The number of carbonyl (C=O) groups is 1. The van der Waals surface area contributed by atoms with Crippen molar-refractivity contribution in [1.82, 2.24) is 5.32 Å². The van der Waals surface area contributed by atoms with Crippen LogP contribution in [0.15, 0.2) is 66.9 Å². The molecule has 1 aliphatic rings. The first-order valence-electron chi connectivity index (χ1n) is 7.58. The van der Waals surface area contributed by atoms with E-state index in [2.05, 4.69) is 5.32 Å². The Morgan fingerprint density at radius 3 is 2.32 bits per heavy atom. The molecule has 2 aromatic carbocycles. The number of anilines is 1. The lowest BCUT2D eigenvalue weighted by Crippen LogP contribution is -2.55. The second kappa shape index (κ2) is 6.90. The van der Waals surface area contributed by atoms with E-state index in [9.17, 15) is 9.18 Å². The van der Waals surface area contributed by atoms with E-state index >= 15 is 0 Å². The molecular formula is C19H15Cl2FN2O. The molecule has 128 valence electrons. The molecule has 6 heteroatoms. The van der Waals surface area contributed by atoms with E-state index in [0.717, 1.165) is 0 Å². The first kappa shape index (κ1) is 17.5. The summed E-state index contributed by atoms with van der Waals surface area (Å²) in [6, 6.07) is 11.1. The number of benzene rings is 2. The minimum absolute atomic E-state index is 0.252. The molecule has 0 fully saturated rings. The fourth-order valence-corrected chi connectivity index (χ4v) is 3.46. The van der Waals surface area contributed by atoms with Crippen LogP contribution in [0.5, 0.6) is 0 Å². The zero-order valence-corrected chi connectivity index (χ0v) is 14.9. The van der Waals surface area contributed by atoms with Gasteiger partial charge in [0.1, 0.15) is 5.82 Å². The summed E-state index contributed by atoms with van der Waals surface area (Å²) in [4.78, 5) is 13.7. The summed E-state index contributed by atoms with van der Waals surface area (Å²) in [5.41, 5.74) is 0.133. The predicted molar refractivity (Wildman–Crippen MR) is 99.1 cm³/mol. The number of para-hydroxylation sites is 1. The van der Waals surface area contributed by atoms with Gasteiger partial charge in [-0.05, 0) is 36.4 Å². The van der Waals surface area contributed by atoms with E-state index in [4.69, 9.17) is 23.2 Å². The third-order valence-corrected chi connectivity index (χ3v) is 4.50. The highest BCUT2D eigenvalue weighted by Gasteiger charge is 2.39. The number of rotatable bonds is 3. The van der Waals surface area contributed by atoms with Gasteiger partial charge in [0.05, 0.1) is 15.7 Å². The number of hydrogen-bond donors (Lipinski definition) is 1. The van der Waals surface area contributed by atoms with Crippen LogP contribution < -0.4 is 10.2 Å². The Kier molecular flexibility index (Phi) is 4.84. The van der Waals surface area contributed by atoms with Crippen molar-refractivity contribution in [2.45, 2.75) is 12.6 Å². The van der Waals surface area contributed by atoms with Crippen molar-refractivity contribution in [3.8, 4) is 0 Å². The van der Waals surface area contributed by atoms with Crippen LogP contribution in [-0.4, -0.2) is 5.91 Å². The largest absolute Gasteiger partial charge is 0.326 e. The average Bonchev–Trinajstić information content (AvgIpc) is 2.56. The molecule has 0 spiro atoms. The lowest BCUT2D eigenvalue weighted by molar-refractivity contribution is -0.120. The summed E-state index contributed by atoms with van der Waals surface area (Å²) in [5, 5.41) is 3.81. The minimum atomic E-state index is -1.08. The molecular weight excluding hydrogens is 362 g/mol. The fraction of sp³-hybridized carbons (Fsp3) is 0.105. The number of carbonyl (C=O) groups excluding carboxylic acids is 1. The Hall–Kier alpha value is -2.30. The standard InChI is InChI=1S/C19H15Cl2FN2O/c1-13(25)23-19(14-7-9-15(22)10-8-14)11-2-3-12-24(19)18-16(20)5-4-6-17(18)21/h2-12H,1H3,(H,23,25). The molecule has 0 bridgehead atoms. The molecule has 1 atom stereocenters. The summed E-state index contributed by atoms with van der Waals surface area (Å²) in [6.07, 6.45) is 7.19. The van der Waals surface area contributed by atoms with Crippen LogP contribution >= 0.6 is 23.2 Å². The monoisotopic (exact) mass is 376 g/mol. The van der Waals surface area contributed by atoms with Gasteiger partial charge in [-0.15, -0.1) is 0 Å². The number of halogens is 3. The van der Waals surface area contributed by atoms with Crippen LogP contribution in [0, 0.1) is 5.82 Å². The summed E-state index contributed by atoms with van der Waals surface area (Å²) in [5.74, 6) is -0.614. The van der Waals surface area contributed by atoms with Crippen LogP contribution in [0.4, 0.5) is 10.1 Å². The van der Waals surface area contributed by atoms with E-state index in [1.807, 2.05) is 6.08 Å². The second-order valence-electron chi connectivity index (χ2n) is 5.60. The molecule has 0 saturated heterocycles. The molecule has 0 saturated carbocycles. The smallest absolute Gasteiger partial charge is 0.219 e. The third kappa shape index (κ3) is 3.28. The van der Waals surface area contributed by atoms with E-state index in [-0.39, 0.29) is 11.7 Å². The van der Waals surface area contributed by atoms with Crippen LogP contribution in [0.2, 0.25) is 10.0 Å². The lowest BCUT2D eigenvalue weighted by Gasteiger charge is -2.44. The molecule has 1 heterocycles. The van der Waals surface area contributed by atoms with Crippen molar-refractivity contribution in [3.63, 3.8) is 0 Å². The zero-order chi connectivity index (χ0) is 18.0. The zero-order valence-electron chi connectivity index (χ0n) is 13.3. The molecule has 0 radical (unpaired) electrons. The SMILES string of the molecule is CC(=O)NC1(c2ccc(F)cc2)C=CC=CN1c1c(Cl)cccc1Cl. The van der Waals surface area contributed by atoms with E-state index in [1.54, 1.807) is 53.6 Å². The van der Waals surface area contributed by atoms with Gasteiger partial charge in [0.15, 0.2) is 5.66 Å². The highest BCUT2D eigenvalue weighted by molar-refractivity contribution is 6.39. The number of nitrogens with one attached hydrogen (secondary N) is 1. The number of nitrogens with zero attached hydrogens (tertiary/aromatic N) is 1. The summed E-state index contributed by atoms with van der Waals surface area (Å²) in [6.45, 7) is 1.42. The predicted octanol–water partition coefficient (Wildman–Crippen LogP) is 5.01. The van der Waals surface area contributed by atoms with Gasteiger partial charge < -0.3 is 10.2 Å². The first-order chi connectivity index (χ1) is 11.9. The Balaban J connectivity index is 2.24. The number of amides is 1. The Bertz CT molecular complexity index is 844. The summed E-state index contributed by atoms with van der Waals surface area (Å²) in [7, 11) is 0. The quantitative estimate of drug-likeness (QED) is 0.816. The van der Waals surface area contributed by atoms with Crippen molar-refractivity contribution in [2.24, 2.45) is 0 Å². The Morgan fingerprint density at radius 1 is 1.08 bits per heavy atom. The molecule has 3 nitrogen and oxygen atoms in total. The number of allylic oxidation sites excluding steroid dienone is 2. The van der Waals surface area contributed by atoms with Crippen molar-refractivity contribution in [3.05, 3.63) is 88.3 Å². The molecule has 3 rings (SSSR count). The van der Waals surface area contributed by atoms with Crippen LogP contribution in [-0.2, 0) is 10.5 Å². The molecule has 1 unspecified atom stereocenters. The van der Waals surface area contributed by atoms with Crippen molar-refractivity contribution >= 4 is 34.8 Å². The van der Waals surface area contributed by atoms with Gasteiger partial charge in [0, 0.05) is 18.7 Å². The van der Waals surface area contributed by atoms with Gasteiger partial charge in [-0.3, -0.25) is 4.79 Å². The second-order valence-corrected chi connectivity index (χ2v) is 6.41. The van der Waals surface area contributed by atoms with Crippen LogP contribution in [0.1, 0.15) is 12.5 Å². The van der Waals surface area contributed by atoms with Gasteiger partial charge in [-0.2, -0.15) is 0 Å². The fourth-order valence-electron chi connectivity index (χ4n) is 2.88. The van der Waals surface area contributed by atoms with Crippen LogP contribution in [0.25, 0.3) is 0 Å². The lowest BCUT2D eigenvalue weighted by atomic mass is 9.94. The Labute approximate surface area is 155 Å². The van der Waals surface area contributed by atoms with Gasteiger partial charge in [0.25, 0.3) is 0 Å². The highest BCUT2D eigenvalue weighted by Crippen LogP contribution is 2.42. The van der Waals surface area contributed by atoms with E-state index < -0.39 is 5.66 Å². The van der Waals surface area contributed by atoms with E-state index in [0.29, 0.717) is 21.3 Å². The average molecular weight is 377 g/mol. The van der Waals surface area contributed by atoms with E-state index in [1.165, 1.54) is 19.1 Å². The molecule has 0 aromatic heterocycles. The molecule has 1 amide bonds. The normalized spacial score (nSPS) is 19.1. The summed E-state index contributed by atoms with van der Waals surface area (Å²) < 4.78 is 13.4. The highest BCUT2D eigenvalue weighted by atomic mass is 35.5. The molecule has 2 aromatic rings. The first-order valence-corrected chi connectivity index (χ1v) is 8.34. The maximum Gasteiger partial charge on any atom is 0.219 e. The molecule has 1 aliphatic heterocycles. The Morgan fingerprint density at radius 2 is 1.72 bits per heavy atom. The van der Waals surface area contributed by atoms with Gasteiger partial charge in [0.2, 0.25) is 5.91 Å². The van der Waals surface area contributed by atoms with Gasteiger partial charge >= 0.3 is 0 Å². The van der Waals surface area contributed by atoms with Gasteiger partial charge in [-0.25, -0.2) is 4.39 Å². The third-order valence-electron chi connectivity index (χ3n) is 3.89. The van der Waals surface area contributed by atoms with Crippen molar-refractivity contribution in [2.75, 3.05) is 4.90 Å². The maximum atomic E-state index is 13.4.